The molecule has 0 radical (unpaired) electrons. The molecule has 0 aliphatic heterocycles. The average Bonchev–Trinajstić information content (AvgIpc) is 2.12. The first-order valence-electron chi connectivity index (χ1n) is 5.46. The molecule has 2 N–H and O–H groups in total. The van der Waals surface area contributed by atoms with Crippen molar-refractivity contribution in [2.75, 3.05) is 6.54 Å². The normalized spacial score (nSPS) is 12.3. The van der Waals surface area contributed by atoms with Gasteiger partial charge in [0.05, 0.1) is 6.10 Å². The molecule has 0 saturated carbocycles. The number of hydrogen-bond donors (Lipinski definition) is 2. The highest BCUT2D eigenvalue weighted by Crippen LogP contribution is 2.16. The predicted molar refractivity (Wildman–Crippen MR) is 64.7 cm³/mol. The van der Waals surface area contributed by atoms with Crippen LogP contribution in [-0.4, -0.2) is 23.7 Å². The molecule has 0 fully saturated rings. The van der Waals surface area contributed by atoms with Crippen LogP contribution < -0.4 is 5.32 Å². The molecule has 3 nitrogen and oxygen atoms in total. The number of rotatable bonds is 3. The van der Waals surface area contributed by atoms with Gasteiger partial charge in [0, 0.05) is 12.1 Å². The van der Waals surface area contributed by atoms with Gasteiger partial charge in [-0.2, -0.15) is 0 Å². The first-order valence-corrected chi connectivity index (χ1v) is 5.46. The summed E-state index contributed by atoms with van der Waals surface area (Å²) in [5.41, 5.74) is 3.81. The third-order valence-corrected chi connectivity index (χ3v) is 2.46. The fraction of sp³-hybridized carbons (Fsp3) is 0.462. The number of carbonyl (C=O) groups excluding carboxylic acids is 1. The Kier molecular flexibility index (Phi) is 4.07. The van der Waals surface area contributed by atoms with E-state index >= 15 is 0 Å². The lowest BCUT2D eigenvalue weighted by Gasteiger charge is -2.12. The molecule has 1 aromatic carbocycles. The van der Waals surface area contributed by atoms with Crippen molar-refractivity contribution in [2.24, 2.45) is 0 Å². The van der Waals surface area contributed by atoms with Crippen molar-refractivity contribution < 1.29 is 9.90 Å². The van der Waals surface area contributed by atoms with E-state index in [4.69, 9.17) is 5.11 Å². The number of aliphatic hydroxyl groups excluding tert-OH is 1. The van der Waals surface area contributed by atoms with Gasteiger partial charge in [-0.15, -0.1) is 0 Å². The Balaban J connectivity index is 2.91. The van der Waals surface area contributed by atoms with Crippen LogP contribution in [0.5, 0.6) is 0 Å². The molecule has 1 unspecified atom stereocenters. The molecular weight excluding hydrogens is 202 g/mol. The number of nitrogens with one attached hydrogen (secondary N) is 1. The monoisotopic (exact) mass is 221 g/mol. The van der Waals surface area contributed by atoms with Gasteiger partial charge < -0.3 is 10.4 Å². The minimum atomic E-state index is -0.519. The number of benzene rings is 1. The summed E-state index contributed by atoms with van der Waals surface area (Å²) in [6, 6.07) is 3.98. The largest absolute Gasteiger partial charge is 0.392 e. The zero-order valence-corrected chi connectivity index (χ0v) is 10.3. The number of amides is 1. The lowest BCUT2D eigenvalue weighted by molar-refractivity contribution is 0.0923. The van der Waals surface area contributed by atoms with E-state index in [2.05, 4.69) is 5.32 Å². The average molecular weight is 221 g/mol. The minimum Gasteiger partial charge on any atom is -0.392 e. The molecule has 0 spiro atoms. The fourth-order valence-electron chi connectivity index (χ4n) is 1.87. The third-order valence-electron chi connectivity index (χ3n) is 2.46. The first-order chi connectivity index (χ1) is 7.41. The Morgan fingerprint density at radius 2 is 1.81 bits per heavy atom. The quantitative estimate of drug-likeness (QED) is 0.816. The zero-order chi connectivity index (χ0) is 12.3. The standard InChI is InChI=1S/C13H19NO2/c1-8-5-9(2)12(10(3)6-8)13(16)14-7-11(4)15/h5-6,11,15H,7H2,1-4H3,(H,14,16). The Morgan fingerprint density at radius 3 is 2.25 bits per heavy atom. The Morgan fingerprint density at radius 1 is 1.31 bits per heavy atom. The predicted octanol–water partition coefficient (Wildman–Crippen LogP) is 1.72. The van der Waals surface area contributed by atoms with Crippen LogP contribution in [0.4, 0.5) is 0 Å². The Labute approximate surface area is 96.5 Å². The van der Waals surface area contributed by atoms with Gasteiger partial charge in [0.15, 0.2) is 0 Å². The van der Waals surface area contributed by atoms with Crippen molar-refractivity contribution in [3.63, 3.8) is 0 Å². The summed E-state index contributed by atoms with van der Waals surface area (Å²) in [7, 11) is 0. The third kappa shape index (κ3) is 3.07. The van der Waals surface area contributed by atoms with E-state index < -0.39 is 6.10 Å². The van der Waals surface area contributed by atoms with Gasteiger partial charge in [-0.1, -0.05) is 17.7 Å². The van der Waals surface area contributed by atoms with E-state index in [0.717, 1.165) is 16.7 Å². The topological polar surface area (TPSA) is 49.3 Å². The molecular formula is C13H19NO2. The lowest BCUT2D eigenvalue weighted by Crippen LogP contribution is -2.31. The SMILES string of the molecule is Cc1cc(C)c(C(=O)NCC(C)O)c(C)c1. The number of carbonyl (C=O) groups is 1. The van der Waals surface area contributed by atoms with Gasteiger partial charge in [-0.05, 0) is 38.8 Å². The van der Waals surface area contributed by atoms with E-state index in [9.17, 15) is 4.79 Å². The number of aliphatic hydroxyl groups is 1. The van der Waals surface area contributed by atoms with E-state index in [1.54, 1.807) is 6.92 Å². The van der Waals surface area contributed by atoms with Gasteiger partial charge in [-0.25, -0.2) is 0 Å². The second kappa shape index (κ2) is 5.12. The van der Waals surface area contributed by atoms with Gasteiger partial charge in [0.25, 0.3) is 5.91 Å². The molecule has 1 atom stereocenters. The highest BCUT2D eigenvalue weighted by atomic mass is 16.3. The second-order valence-electron chi connectivity index (χ2n) is 4.33. The maximum absolute atomic E-state index is 11.9. The molecule has 88 valence electrons. The van der Waals surface area contributed by atoms with E-state index in [1.807, 2.05) is 32.9 Å². The highest BCUT2D eigenvalue weighted by Gasteiger charge is 2.12. The number of aryl methyl sites for hydroxylation is 3. The van der Waals surface area contributed by atoms with Gasteiger partial charge in [0.1, 0.15) is 0 Å². The van der Waals surface area contributed by atoms with Crippen LogP contribution in [0.25, 0.3) is 0 Å². The minimum absolute atomic E-state index is 0.115. The summed E-state index contributed by atoms with van der Waals surface area (Å²) in [5, 5.41) is 11.8. The molecule has 0 heterocycles. The summed E-state index contributed by atoms with van der Waals surface area (Å²) in [4.78, 5) is 11.9. The summed E-state index contributed by atoms with van der Waals surface area (Å²) in [5.74, 6) is -0.115. The maximum Gasteiger partial charge on any atom is 0.251 e. The fourth-order valence-corrected chi connectivity index (χ4v) is 1.87. The highest BCUT2D eigenvalue weighted by molar-refractivity contribution is 5.97. The molecule has 0 aliphatic carbocycles. The van der Waals surface area contributed by atoms with Crippen molar-refractivity contribution in [1.82, 2.24) is 5.32 Å². The van der Waals surface area contributed by atoms with Crippen LogP contribution in [0.1, 0.15) is 34.0 Å². The maximum atomic E-state index is 11.9. The molecule has 0 saturated heterocycles. The van der Waals surface area contributed by atoms with Crippen molar-refractivity contribution >= 4 is 5.91 Å². The Bertz CT molecular complexity index is 374. The zero-order valence-electron chi connectivity index (χ0n) is 10.3. The number of hydrogen-bond acceptors (Lipinski definition) is 2. The van der Waals surface area contributed by atoms with Crippen molar-refractivity contribution in [1.29, 1.82) is 0 Å². The smallest absolute Gasteiger partial charge is 0.251 e. The molecule has 0 aromatic heterocycles. The van der Waals surface area contributed by atoms with Crippen molar-refractivity contribution in [2.45, 2.75) is 33.8 Å². The summed E-state index contributed by atoms with van der Waals surface area (Å²) >= 11 is 0. The van der Waals surface area contributed by atoms with E-state index in [1.165, 1.54) is 0 Å². The second-order valence-corrected chi connectivity index (χ2v) is 4.33. The van der Waals surface area contributed by atoms with Gasteiger partial charge >= 0.3 is 0 Å². The van der Waals surface area contributed by atoms with Crippen molar-refractivity contribution in [3.05, 3.63) is 34.4 Å². The summed E-state index contributed by atoms with van der Waals surface area (Å²) < 4.78 is 0. The van der Waals surface area contributed by atoms with Crippen LogP contribution >= 0.6 is 0 Å². The van der Waals surface area contributed by atoms with Crippen molar-refractivity contribution in [3.8, 4) is 0 Å². The van der Waals surface area contributed by atoms with Gasteiger partial charge in [0.2, 0.25) is 0 Å². The van der Waals surface area contributed by atoms with Crippen LogP contribution in [0.2, 0.25) is 0 Å². The lowest BCUT2D eigenvalue weighted by atomic mass is 9.99. The van der Waals surface area contributed by atoms with Crippen LogP contribution in [0.3, 0.4) is 0 Å². The summed E-state index contributed by atoms with van der Waals surface area (Å²) in [6.45, 7) is 7.80. The molecule has 1 amide bonds. The van der Waals surface area contributed by atoms with Crippen LogP contribution in [-0.2, 0) is 0 Å². The Hall–Kier alpha value is -1.35. The van der Waals surface area contributed by atoms with E-state index in [0.29, 0.717) is 5.56 Å². The molecule has 1 aromatic rings. The first kappa shape index (κ1) is 12.7. The van der Waals surface area contributed by atoms with Crippen LogP contribution in [0, 0.1) is 20.8 Å². The molecule has 3 heteroatoms. The van der Waals surface area contributed by atoms with Crippen LogP contribution in [0.15, 0.2) is 12.1 Å². The molecule has 0 aliphatic rings. The molecule has 0 bridgehead atoms. The van der Waals surface area contributed by atoms with Gasteiger partial charge in [-0.3, -0.25) is 4.79 Å². The van der Waals surface area contributed by atoms with E-state index in [-0.39, 0.29) is 12.5 Å². The molecule has 1 rings (SSSR count). The summed E-state index contributed by atoms with van der Waals surface area (Å²) in [6.07, 6.45) is -0.519. The molecule has 16 heavy (non-hydrogen) atoms.